The second-order valence-corrected chi connectivity index (χ2v) is 5.15. The van der Waals surface area contributed by atoms with E-state index in [1.807, 2.05) is 0 Å². The topological polar surface area (TPSA) is 3.24 Å². The van der Waals surface area contributed by atoms with Gasteiger partial charge in [-0.25, -0.2) is 0 Å². The first kappa shape index (κ1) is 11.7. The molecule has 1 atom stereocenters. The van der Waals surface area contributed by atoms with Gasteiger partial charge in [0.2, 0.25) is 0 Å². The molecule has 1 aromatic carbocycles. The highest BCUT2D eigenvalue weighted by Crippen LogP contribution is 2.21. The van der Waals surface area contributed by atoms with E-state index in [1.54, 1.807) is 0 Å². The van der Waals surface area contributed by atoms with E-state index in [0.29, 0.717) is 5.92 Å². The minimum absolute atomic E-state index is 0.695. The van der Waals surface area contributed by atoms with Gasteiger partial charge in [-0.15, -0.1) is 0 Å². The predicted molar refractivity (Wildman–Crippen MR) is 69.9 cm³/mol. The molecule has 0 spiro atoms. The molecule has 0 radical (unpaired) electrons. The Hall–Kier alpha value is -0.820. The van der Waals surface area contributed by atoms with E-state index in [9.17, 15) is 0 Å². The number of likely N-dealkylation sites (tertiary alicyclic amines) is 1. The van der Waals surface area contributed by atoms with Gasteiger partial charge in [-0.05, 0) is 57.3 Å². The Kier molecular flexibility index (Phi) is 4.00. The molecule has 1 unspecified atom stereocenters. The fourth-order valence-electron chi connectivity index (χ4n) is 2.53. The van der Waals surface area contributed by atoms with Gasteiger partial charge >= 0.3 is 0 Å². The summed E-state index contributed by atoms with van der Waals surface area (Å²) in [5, 5.41) is 0. The summed E-state index contributed by atoms with van der Waals surface area (Å²) in [4.78, 5) is 2.60. The van der Waals surface area contributed by atoms with Crippen molar-refractivity contribution >= 4 is 0 Å². The van der Waals surface area contributed by atoms with Gasteiger partial charge in [0, 0.05) is 0 Å². The van der Waals surface area contributed by atoms with Gasteiger partial charge in [-0.1, -0.05) is 36.8 Å². The minimum Gasteiger partial charge on any atom is -0.303 e. The quantitative estimate of drug-likeness (QED) is 0.745. The third-order valence-electron chi connectivity index (χ3n) is 3.69. The van der Waals surface area contributed by atoms with Crippen LogP contribution in [0.4, 0.5) is 0 Å². The predicted octanol–water partition coefficient (Wildman–Crippen LogP) is 3.58. The molecule has 0 amide bonds. The van der Waals surface area contributed by atoms with Crippen LogP contribution >= 0.6 is 0 Å². The van der Waals surface area contributed by atoms with Crippen molar-refractivity contribution in [2.75, 3.05) is 19.6 Å². The largest absolute Gasteiger partial charge is 0.303 e. The summed E-state index contributed by atoms with van der Waals surface area (Å²) in [6.07, 6.45) is 4.10. The molecular formula is C15H23N. The molecule has 2 rings (SSSR count). The van der Waals surface area contributed by atoms with Crippen LogP contribution in [0.5, 0.6) is 0 Å². The van der Waals surface area contributed by atoms with Gasteiger partial charge in [-0.3, -0.25) is 0 Å². The van der Waals surface area contributed by atoms with Crippen LogP contribution in [-0.4, -0.2) is 24.5 Å². The van der Waals surface area contributed by atoms with Gasteiger partial charge in [-0.2, -0.15) is 0 Å². The summed E-state index contributed by atoms with van der Waals surface area (Å²) in [6, 6.07) is 8.95. The maximum absolute atomic E-state index is 2.60. The first-order valence-corrected chi connectivity index (χ1v) is 6.54. The van der Waals surface area contributed by atoms with Crippen molar-refractivity contribution in [3.63, 3.8) is 0 Å². The lowest BCUT2D eigenvalue weighted by Gasteiger charge is -2.18. The molecule has 16 heavy (non-hydrogen) atoms. The van der Waals surface area contributed by atoms with Gasteiger partial charge in [0.1, 0.15) is 0 Å². The number of aryl methyl sites for hydroxylation is 1. The summed E-state index contributed by atoms with van der Waals surface area (Å²) < 4.78 is 0. The summed E-state index contributed by atoms with van der Waals surface area (Å²) in [6.45, 7) is 8.44. The zero-order chi connectivity index (χ0) is 11.4. The molecular weight excluding hydrogens is 194 g/mol. The van der Waals surface area contributed by atoms with Crippen molar-refractivity contribution < 1.29 is 0 Å². The Labute approximate surface area is 99.5 Å². The zero-order valence-corrected chi connectivity index (χ0v) is 10.6. The van der Waals surface area contributed by atoms with Crippen LogP contribution in [-0.2, 0) is 0 Å². The smallest absolute Gasteiger partial charge is 0.00130 e. The molecule has 0 saturated carbocycles. The van der Waals surface area contributed by atoms with E-state index in [4.69, 9.17) is 0 Å². The minimum atomic E-state index is 0.695. The number of nitrogens with zero attached hydrogens (tertiary/aromatic N) is 1. The summed E-state index contributed by atoms with van der Waals surface area (Å²) in [5.74, 6) is 0.695. The average molecular weight is 217 g/mol. The van der Waals surface area contributed by atoms with Crippen LogP contribution in [0.15, 0.2) is 24.3 Å². The molecule has 1 heterocycles. The molecule has 0 N–H and O–H groups in total. The van der Waals surface area contributed by atoms with Crippen molar-refractivity contribution in [3.8, 4) is 0 Å². The van der Waals surface area contributed by atoms with Gasteiger partial charge < -0.3 is 4.90 Å². The molecule has 1 aliphatic rings. The van der Waals surface area contributed by atoms with Crippen LogP contribution in [0.1, 0.15) is 43.2 Å². The van der Waals surface area contributed by atoms with Crippen LogP contribution < -0.4 is 0 Å². The maximum atomic E-state index is 2.60. The van der Waals surface area contributed by atoms with Gasteiger partial charge in [0.15, 0.2) is 0 Å². The monoisotopic (exact) mass is 217 g/mol. The van der Waals surface area contributed by atoms with E-state index in [0.717, 1.165) is 0 Å². The van der Waals surface area contributed by atoms with Crippen molar-refractivity contribution in [1.82, 2.24) is 4.90 Å². The van der Waals surface area contributed by atoms with E-state index in [1.165, 1.54) is 50.0 Å². The first-order valence-electron chi connectivity index (χ1n) is 6.54. The lowest BCUT2D eigenvalue weighted by atomic mass is 9.96. The van der Waals surface area contributed by atoms with Crippen LogP contribution in [0.25, 0.3) is 0 Å². The Morgan fingerprint density at radius 3 is 2.69 bits per heavy atom. The first-order chi connectivity index (χ1) is 7.75. The van der Waals surface area contributed by atoms with Crippen molar-refractivity contribution in [2.24, 2.45) is 0 Å². The highest BCUT2D eigenvalue weighted by Gasteiger charge is 2.13. The molecule has 0 bridgehead atoms. The fourth-order valence-corrected chi connectivity index (χ4v) is 2.53. The average Bonchev–Trinajstić information content (AvgIpc) is 2.78. The van der Waals surface area contributed by atoms with Crippen LogP contribution in [0.3, 0.4) is 0 Å². The van der Waals surface area contributed by atoms with Gasteiger partial charge in [0.05, 0.1) is 0 Å². The second kappa shape index (κ2) is 5.49. The Morgan fingerprint density at radius 2 is 2.00 bits per heavy atom. The highest BCUT2D eigenvalue weighted by atomic mass is 15.1. The zero-order valence-electron chi connectivity index (χ0n) is 10.6. The van der Waals surface area contributed by atoms with Crippen molar-refractivity contribution in [1.29, 1.82) is 0 Å². The van der Waals surface area contributed by atoms with E-state index < -0.39 is 0 Å². The van der Waals surface area contributed by atoms with Crippen LogP contribution in [0.2, 0.25) is 0 Å². The molecule has 1 nitrogen and oxygen atoms in total. The summed E-state index contributed by atoms with van der Waals surface area (Å²) >= 11 is 0. The number of benzene rings is 1. The lowest BCUT2D eigenvalue weighted by molar-refractivity contribution is 0.324. The number of hydrogen-bond acceptors (Lipinski definition) is 1. The normalized spacial score (nSPS) is 18.9. The SMILES string of the molecule is Cc1cccc(C(C)CCN2CCCC2)c1. The van der Waals surface area contributed by atoms with Crippen molar-refractivity contribution in [3.05, 3.63) is 35.4 Å². The molecule has 0 aliphatic carbocycles. The maximum Gasteiger partial charge on any atom is -0.00130 e. The second-order valence-electron chi connectivity index (χ2n) is 5.15. The molecule has 0 aromatic heterocycles. The highest BCUT2D eigenvalue weighted by molar-refractivity contribution is 5.24. The molecule has 1 saturated heterocycles. The number of rotatable bonds is 4. The summed E-state index contributed by atoms with van der Waals surface area (Å²) in [7, 11) is 0. The van der Waals surface area contributed by atoms with E-state index in [2.05, 4.69) is 43.0 Å². The molecule has 88 valence electrons. The number of hydrogen-bond donors (Lipinski definition) is 0. The van der Waals surface area contributed by atoms with E-state index in [-0.39, 0.29) is 0 Å². The molecule has 1 aromatic rings. The third-order valence-corrected chi connectivity index (χ3v) is 3.69. The Bertz CT molecular complexity index is 326. The van der Waals surface area contributed by atoms with Gasteiger partial charge in [0.25, 0.3) is 0 Å². The summed E-state index contributed by atoms with van der Waals surface area (Å²) in [5.41, 5.74) is 2.88. The molecule has 1 fully saturated rings. The third kappa shape index (κ3) is 3.08. The molecule has 1 heteroatoms. The fraction of sp³-hybridized carbons (Fsp3) is 0.600. The Morgan fingerprint density at radius 1 is 1.25 bits per heavy atom. The van der Waals surface area contributed by atoms with Crippen LogP contribution in [0, 0.1) is 6.92 Å². The molecule has 1 aliphatic heterocycles. The van der Waals surface area contributed by atoms with E-state index >= 15 is 0 Å². The lowest BCUT2D eigenvalue weighted by Crippen LogP contribution is -2.21. The Balaban J connectivity index is 1.85. The standard InChI is InChI=1S/C15H23N/c1-13-6-5-7-15(12-13)14(2)8-11-16-9-3-4-10-16/h5-7,12,14H,3-4,8-11H2,1-2H3. The van der Waals surface area contributed by atoms with Crippen molar-refractivity contribution in [2.45, 2.75) is 39.0 Å².